The van der Waals surface area contributed by atoms with Crippen LogP contribution in [0.5, 0.6) is 0 Å². The summed E-state index contributed by atoms with van der Waals surface area (Å²) in [6, 6.07) is 3.70. The Hall–Kier alpha value is -2.39. The maximum atomic E-state index is 14.1. The number of thiazole rings is 1. The van der Waals surface area contributed by atoms with E-state index in [-0.39, 0.29) is 11.4 Å². The van der Waals surface area contributed by atoms with Crippen LogP contribution in [0.4, 0.5) is 13.9 Å². The SMILES string of the molecule is CCN(CC)CCN(C(=O)c1ccnn1CC)c1nc2c(F)cc(F)cc2s1. The lowest BCUT2D eigenvalue weighted by molar-refractivity contribution is 0.0973. The molecule has 2 heterocycles. The van der Waals surface area contributed by atoms with E-state index in [4.69, 9.17) is 0 Å². The van der Waals surface area contributed by atoms with Gasteiger partial charge in [-0.2, -0.15) is 5.10 Å². The molecule has 0 saturated heterocycles. The third kappa shape index (κ3) is 4.05. The highest BCUT2D eigenvalue weighted by atomic mass is 32.1. The van der Waals surface area contributed by atoms with Crippen LogP contribution in [0, 0.1) is 11.6 Å². The Morgan fingerprint density at radius 3 is 2.61 bits per heavy atom. The molecular weight excluding hydrogens is 384 g/mol. The first-order valence-corrected chi connectivity index (χ1v) is 10.1. The number of benzene rings is 1. The molecule has 1 aromatic carbocycles. The molecule has 0 atom stereocenters. The Labute approximate surface area is 166 Å². The highest BCUT2D eigenvalue weighted by Crippen LogP contribution is 2.32. The van der Waals surface area contributed by atoms with Crippen molar-refractivity contribution in [2.45, 2.75) is 27.3 Å². The van der Waals surface area contributed by atoms with Gasteiger partial charge in [0.25, 0.3) is 5.91 Å². The molecule has 28 heavy (non-hydrogen) atoms. The molecule has 2 aromatic heterocycles. The lowest BCUT2D eigenvalue weighted by Crippen LogP contribution is -2.39. The molecule has 0 saturated carbocycles. The van der Waals surface area contributed by atoms with Crippen molar-refractivity contribution >= 4 is 32.6 Å². The average molecular weight is 407 g/mol. The quantitative estimate of drug-likeness (QED) is 0.570. The van der Waals surface area contributed by atoms with Crippen LogP contribution >= 0.6 is 11.3 Å². The molecule has 0 aliphatic rings. The van der Waals surface area contributed by atoms with Crippen molar-refractivity contribution in [3.8, 4) is 0 Å². The molecule has 0 aliphatic carbocycles. The van der Waals surface area contributed by atoms with Gasteiger partial charge in [-0.3, -0.25) is 14.4 Å². The predicted molar refractivity (Wildman–Crippen MR) is 107 cm³/mol. The monoisotopic (exact) mass is 407 g/mol. The summed E-state index contributed by atoms with van der Waals surface area (Å²) < 4.78 is 29.7. The third-order valence-electron chi connectivity index (χ3n) is 4.65. The van der Waals surface area contributed by atoms with Crippen LogP contribution in [-0.2, 0) is 6.54 Å². The number of hydrogen-bond donors (Lipinski definition) is 0. The molecule has 3 aromatic rings. The second-order valence-electron chi connectivity index (χ2n) is 6.25. The largest absolute Gasteiger partial charge is 0.302 e. The summed E-state index contributed by atoms with van der Waals surface area (Å²) in [6.07, 6.45) is 1.58. The average Bonchev–Trinajstić information content (AvgIpc) is 3.31. The van der Waals surface area contributed by atoms with Gasteiger partial charge in [0.05, 0.1) is 4.70 Å². The van der Waals surface area contributed by atoms with E-state index in [2.05, 4.69) is 28.8 Å². The second kappa shape index (κ2) is 8.74. The molecule has 3 rings (SSSR count). The van der Waals surface area contributed by atoms with E-state index < -0.39 is 11.6 Å². The number of aryl methyl sites for hydroxylation is 1. The number of carbonyl (C=O) groups is 1. The summed E-state index contributed by atoms with van der Waals surface area (Å²) in [5.41, 5.74) is 0.513. The summed E-state index contributed by atoms with van der Waals surface area (Å²) in [4.78, 5) is 21.3. The molecule has 0 radical (unpaired) electrons. The van der Waals surface area contributed by atoms with Crippen molar-refractivity contribution in [1.82, 2.24) is 19.7 Å². The van der Waals surface area contributed by atoms with Gasteiger partial charge >= 0.3 is 0 Å². The number of likely N-dealkylation sites (N-methyl/N-ethyl adjacent to an activating group) is 1. The zero-order chi connectivity index (χ0) is 20.3. The van der Waals surface area contributed by atoms with Crippen LogP contribution in [0.15, 0.2) is 24.4 Å². The van der Waals surface area contributed by atoms with E-state index in [9.17, 15) is 13.6 Å². The van der Waals surface area contributed by atoms with E-state index in [0.29, 0.717) is 35.2 Å². The van der Waals surface area contributed by atoms with E-state index >= 15 is 0 Å². The van der Waals surface area contributed by atoms with E-state index in [0.717, 1.165) is 30.5 Å². The van der Waals surface area contributed by atoms with Crippen LogP contribution in [-0.4, -0.2) is 51.8 Å². The Bertz CT molecular complexity index is 967. The van der Waals surface area contributed by atoms with E-state index in [1.807, 2.05) is 6.92 Å². The maximum Gasteiger partial charge on any atom is 0.278 e. The minimum absolute atomic E-state index is 0.0750. The van der Waals surface area contributed by atoms with Gasteiger partial charge < -0.3 is 4.90 Å². The Kier molecular flexibility index (Phi) is 6.35. The second-order valence-corrected chi connectivity index (χ2v) is 7.26. The number of amides is 1. The fourth-order valence-electron chi connectivity index (χ4n) is 3.03. The van der Waals surface area contributed by atoms with Gasteiger partial charge in [-0.05, 0) is 32.1 Å². The lowest BCUT2D eigenvalue weighted by atomic mass is 10.3. The molecular formula is C19H23F2N5OS. The van der Waals surface area contributed by atoms with Crippen LogP contribution in [0.3, 0.4) is 0 Å². The lowest BCUT2D eigenvalue weighted by Gasteiger charge is -2.24. The molecule has 0 unspecified atom stereocenters. The Morgan fingerprint density at radius 1 is 1.18 bits per heavy atom. The number of anilines is 1. The number of hydrogen-bond acceptors (Lipinski definition) is 5. The molecule has 1 amide bonds. The number of rotatable bonds is 8. The summed E-state index contributed by atoms with van der Waals surface area (Å²) >= 11 is 1.11. The fraction of sp³-hybridized carbons (Fsp3) is 0.421. The van der Waals surface area contributed by atoms with Crippen molar-refractivity contribution in [2.24, 2.45) is 0 Å². The summed E-state index contributed by atoms with van der Waals surface area (Å²) in [6.45, 7) is 9.30. The molecule has 0 bridgehead atoms. The molecule has 0 N–H and O–H groups in total. The van der Waals surface area contributed by atoms with Crippen molar-refractivity contribution in [3.63, 3.8) is 0 Å². The number of aromatic nitrogens is 3. The minimum atomic E-state index is -0.729. The van der Waals surface area contributed by atoms with Gasteiger partial charge in [0.15, 0.2) is 10.9 Å². The van der Waals surface area contributed by atoms with Crippen LogP contribution in [0.2, 0.25) is 0 Å². The zero-order valence-electron chi connectivity index (χ0n) is 16.2. The Balaban J connectivity index is 2.00. The third-order valence-corrected chi connectivity index (χ3v) is 5.67. The first-order chi connectivity index (χ1) is 13.5. The van der Waals surface area contributed by atoms with Crippen molar-refractivity contribution in [3.05, 3.63) is 41.7 Å². The molecule has 9 heteroatoms. The van der Waals surface area contributed by atoms with E-state index in [1.165, 1.54) is 11.0 Å². The number of carbonyl (C=O) groups excluding carboxylic acids is 1. The normalized spacial score (nSPS) is 11.5. The summed E-state index contributed by atoms with van der Waals surface area (Å²) in [7, 11) is 0. The number of nitrogens with zero attached hydrogens (tertiary/aromatic N) is 5. The van der Waals surface area contributed by atoms with Crippen molar-refractivity contribution < 1.29 is 13.6 Å². The van der Waals surface area contributed by atoms with Gasteiger partial charge in [0.1, 0.15) is 17.0 Å². The fourth-order valence-corrected chi connectivity index (χ4v) is 4.06. The van der Waals surface area contributed by atoms with Gasteiger partial charge in [-0.1, -0.05) is 25.2 Å². The van der Waals surface area contributed by atoms with Crippen LogP contribution in [0.25, 0.3) is 10.2 Å². The van der Waals surface area contributed by atoms with Gasteiger partial charge in [-0.15, -0.1) is 0 Å². The Morgan fingerprint density at radius 2 is 1.93 bits per heavy atom. The van der Waals surface area contributed by atoms with Gasteiger partial charge in [-0.25, -0.2) is 13.8 Å². The molecule has 0 spiro atoms. The van der Waals surface area contributed by atoms with Crippen molar-refractivity contribution in [1.29, 1.82) is 0 Å². The standard InChI is InChI=1S/C19H23F2N5OS/c1-4-24(5-2)9-10-25(18(27)15-7-8-22-26(15)6-3)19-23-17-14(21)11-13(20)12-16(17)28-19/h7-8,11-12H,4-6,9-10H2,1-3H3. The number of fused-ring (bicyclic) bond motifs is 1. The molecule has 6 nitrogen and oxygen atoms in total. The number of halogens is 2. The highest BCUT2D eigenvalue weighted by molar-refractivity contribution is 7.22. The van der Waals surface area contributed by atoms with Gasteiger partial charge in [0, 0.05) is 31.9 Å². The van der Waals surface area contributed by atoms with Crippen LogP contribution < -0.4 is 4.90 Å². The molecule has 150 valence electrons. The summed E-state index contributed by atoms with van der Waals surface area (Å²) in [5, 5.41) is 4.51. The topological polar surface area (TPSA) is 54.3 Å². The molecule has 0 fully saturated rings. The highest BCUT2D eigenvalue weighted by Gasteiger charge is 2.25. The minimum Gasteiger partial charge on any atom is -0.302 e. The smallest absolute Gasteiger partial charge is 0.278 e. The first kappa shape index (κ1) is 20.3. The predicted octanol–water partition coefficient (Wildman–Crippen LogP) is 3.78. The summed E-state index contributed by atoms with van der Waals surface area (Å²) in [5.74, 6) is -1.65. The van der Waals surface area contributed by atoms with Crippen molar-refractivity contribution in [2.75, 3.05) is 31.1 Å². The zero-order valence-corrected chi connectivity index (χ0v) is 17.0. The first-order valence-electron chi connectivity index (χ1n) is 9.30. The maximum absolute atomic E-state index is 14.1. The van der Waals surface area contributed by atoms with Crippen LogP contribution in [0.1, 0.15) is 31.3 Å². The van der Waals surface area contributed by atoms with Gasteiger partial charge in [0.2, 0.25) is 0 Å². The molecule has 0 aliphatic heterocycles. The van der Waals surface area contributed by atoms with E-state index in [1.54, 1.807) is 16.9 Å².